The Hall–Kier alpha value is -2.07. The monoisotopic (exact) mass is 305 g/mol. The lowest BCUT2D eigenvalue weighted by atomic mass is 9.97. The number of pyridine rings is 1. The van der Waals surface area contributed by atoms with Crippen LogP contribution in [0.4, 0.5) is 0 Å². The minimum absolute atomic E-state index is 0.344. The Labute approximate surface area is 128 Å². The van der Waals surface area contributed by atoms with Crippen LogP contribution in [0.1, 0.15) is 18.9 Å². The summed E-state index contributed by atoms with van der Waals surface area (Å²) in [5, 5.41) is 10.0. The van der Waals surface area contributed by atoms with Crippen molar-refractivity contribution in [2.75, 3.05) is 0 Å². The van der Waals surface area contributed by atoms with E-state index in [9.17, 15) is 9.90 Å². The number of halogens is 1. The summed E-state index contributed by atoms with van der Waals surface area (Å²) in [6.07, 6.45) is 4.33. The van der Waals surface area contributed by atoms with Gasteiger partial charge in [0.25, 0.3) is 0 Å². The van der Waals surface area contributed by atoms with Crippen molar-refractivity contribution in [1.29, 1.82) is 0 Å². The first-order valence-corrected chi connectivity index (χ1v) is 6.94. The topological polar surface area (TPSA) is 59.4 Å². The quantitative estimate of drug-likeness (QED) is 0.886. The molecule has 0 spiro atoms. The van der Waals surface area contributed by atoms with Crippen molar-refractivity contribution in [3.63, 3.8) is 0 Å². The molecule has 2 aromatic rings. The lowest BCUT2D eigenvalue weighted by Gasteiger charge is -2.26. The molecule has 1 unspecified atom stereocenters. The van der Waals surface area contributed by atoms with E-state index >= 15 is 0 Å². The first-order valence-electron chi connectivity index (χ1n) is 6.56. The van der Waals surface area contributed by atoms with Gasteiger partial charge in [-0.1, -0.05) is 17.7 Å². The van der Waals surface area contributed by atoms with E-state index in [1.807, 2.05) is 12.1 Å². The summed E-state index contributed by atoms with van der Waals surface area (Å²) >= 11 is 5.81. The maximum absolute atomic E-state index is 11.5. The fourth-order valence-electron chi connectivity index (χ4n) is 1.89. The number of aryl methyl sites for hydroxylation is 1. The van der Waals surface area contributed by atoms with Gasteiger partial charge >= 0.3 is 5.97 Å². The van der Waals surface area contributed by atoms with Crippen LogP contribution in [0.25, 0.3) is 0 Å². The van der Waals surface area contributed by atoms with Gasteiger partial charge in [0.05, 0.1) is 0 Å². The third kappa shape index (κ3) is 4.20. The minimum atomic E-state index is -1.30. The van der Waals surface area contributed by atoms with E-state index in [1.165, 1.54) is 0 Å². The summed E-state index contributed by atoms with van der Waals surface area (Å²) in [7, 11) is 0. The number of carboxylic acid groups (broad SMARTS) is 1. The van der Waals surface area contributed by atoms with E-state index in [-0.39, 0.29) is 0 Å². The van der Waals surface area contributed by atoms with Gasteiger partial charge in [-0.05, 0) is 49.2 Å². The molecule has 2 rings (SSSR count). The van der Waals surface area contributed by atoms with Crippen molar-refractivity contribution in [1.82, 2.24) is 4.98 Å². The molecule has 0 fully saturated rings. The lowest BCUT2D eigenvalue weighted by Crippen LogP contribution is -2.42. The van der Waals surface area contributed by atoms with Crippen molar-refractivity contribution in [2.45, 2.75) is 25.4 Å². The molecule has 1 heterocycles. The molecule has 1 N–H and O–H groups in total. The van der Waals surface area contributed by atoms with Crippen LogP contribution in [0, 0.1) is 0 Å². The number of aromatic nitrogens is 1. The summed E-state index contributed by atoms with van der Waals surface area (Å²) < 4.78 is 5.66. The van der Waals surface area contributed by atoms with Gasteiger partial charge in [0, 0.05) is 23.8 Å². The van der Waals surface area contributed by atoms with E-state index < -0.39 is 11.6 Å². The Morgan fingerprint density at radius 3 is 2.62 bits per heavy atom. The first kappa shape index (κ1) is 15.3. The highest BCUT2D eigenvalue weighted by atomic mass is 35.5. The minimum Gasteiger partial charge on any atom is -0.478 e. The van der Waals surface area contributed by atoms with Crippen LogP contribution in [0.2, 0.25) is 5.02 Å². The number of carboxylic acids is 1. The molecule has 0 amide bonds. The van der Waals surface area contributed by atoms with E-state index in [0.717, 1.165) is 5.56 Å². The third-order valence-electron chi connectivity index (χ3n) is 3.22. The van der Waals surface area contributed by atoms with Gasteiger partial charge in [0.15, 0.2) is 0 Å². The SMILES string of the molecule is CC(CCc1cccnc1)(Oc1ccc(Cl)cc1)C(=O)O. The van der Waals surface area contributed by atoms with Crippen molar-refractivity contribution in [2.24, 2.45) is 0 Å². The molecule has 4 nitrogen and oxygen atoms in total. The van der Waals surface area contributed by atoms with Crippen LogP contribution >= 0.6 is 11.6 Å². The summed E-state index contributed by atoms with van der Waals surface area (Å²) in [6, 6.07) is 10.4. The van der Waals surface area contributed by atoms with Gasteiger partial charge in [0.1, 0.15) is 5.75 Å². The second-order valence-electron chi connectivity index (χ2n) is 4.95. The zero-order chi connectivity index (χ0) is 15.3. The molecule has 0 aliphatic carbocycles. The average Bonchev–Trinajstić information content (AvgIpc) is 2.48. The van der Waals surface area contributed by atoms with Crippen molar-refractivity contribution >= 4 is 17.6 Å². The molecule has 0 bridgehead atoms. The number of benzene rings is 1. The molecule has 1 atom stereocenters. The van der Waals surface area contributed by atoms with Crippen LogP contribution < -0.4 is 4.74 Å². The van der Waals surface area contributed by atoms with Gasteiger partial charge in [0.2, 0.25) is 5.60 Å². The molecule has 0 aliphatic heterocycles. The molecule has 5 heteroatoms. The van der Waals surface area contributed by atoms with Gasteiger partial charge in [-0.2, -0.15) is 0 Å². The molecule has 1 aromatic heterocycles. The molecule has 21 heavy (non-hydrogen) atoms. The smallest absolute Gasteiger partial charge is 0.347 e. The fraction of sp³-hybridized carbons (Fsp3) is 0.250. The highest BCUT2D eigenvalue weighted by Crippen LogP contribution is 2.24. The van der Waals surface area contributed by atoms with Gasteiger partial charge in [-0.15, -0.1) is 0 Å². The van der Waals surface area contributed by atoms with Gasteiger partial charge in [-0.3, -0.25) is 4.98 Å². The summed E-state index contributed by atoms with van der Waals surface area (Å²) in [5.41, 5.74) is -0.325. The molecule has 1 aromatic carbocycles. The number of carbonyl (C=O) groups is 1. The van der Waals surface area contributed by atoms with Crippen LogP contribution in [-0.4, -0.2) is 21.7 Å². The molecular formula is C16H16ClNO3. The van der Waals surface area contributed by atoms with Gasteiger partial charge < -0.3 is 9.84 Å². The standard InChI is InChI=1S/C16H16ClNO3/c1-16(15(19)20,9-8-12-3-2-10-18-11-12)21-14-6-4-13(17)5-7-14/h2-7,10-11H,8-9H2,1H3,(H,19,20). The van der Waals surface area contributed by atoms with Crippen LogP contribution in [0.5, 0.6) is 5.75 Å². The maximum atomic E-state index is 11.5. The number of rotatable bonds is 6. The zero-order valence-corrected chi connectivity index (χ0v) is 12.4. The highest BCUT2D eigenvalue weighted by Gasteiger charge is 2.35. The van der Waals surface area contributed by atoms with E-state index in [4.69, 9.17) is 16.3 Å². The number of ether oxygens (including phenoxy) is 1. The second kappa shape index (κ2) is 6.59. The second-order valence-corrected chi connectivity index (χ2v) is 5.39. The van der Waals surface area contributed by atoms with Crippen molar-refractivity contribution in [3.8, 4) is 5.75 Å². The number of hydrogen-bond donors (Lipinski definition) is 1. The van der Waals surface area contributed by atoms with E-state index in [1.54, 1.807) is 43.6 Å². The Kier molecular flexibility index (Phi) is 4.81. The van der Waals surface area contributed by atoms with Crippen molar-refractivity contribution in [3.05, 3.63) is 59.4 Å². The fourth-order valence-corrected chi connectivity index (χ4v) is 2.02. The molecule has 0 aliphatic rings. The zero-order valence-electron chi connectivity index (χ0n) is 11.6. The van der Waals surface area contributed by atoms with Crippen molar-refractivity contribution < 1.29 is 14.6 Å². The molecule has 0 saturated heterocycles. The Morgan fingerprint density at radius 1 is 1.33 bits per heavy atom. The lowest BCUT2D eigenvalue weighted by molar-refractivity contribution is -0.154. The normalized spacial score (nSPS) is 13.4. The summed E-state index contributed by atoms with van der Waals surface area (Å²) in [6.45, 7) is 1.57. The van der Waals surface area contributed by atoms with Crippen LogP contribution in [0.3, 0.4) is 0 Å². The van der Waals surface area contributed by atoms with Crippen LogP contribution in [-0.2, 0) is 11.2 Å². The summed E-state index contributed by atoms with van der Waals surface area (Å²) in [5.74, 6) is -0.517. The average molecular weight is 306 g/mol. The third-order valence-corrected chi connectivity index (χ3v) is 3.47. The predicted octanol–water partition coefficient (Wildman–Crippen LogP) is 3.59. The van der Waals surface area contributed by atoms with Gasteiger partial charge in [-0.25, -0.2) is 4.79 Å². The molecule has 0 saturated carbocycles. The summed E-state index contributed by atoms with van der Waals surface area (Å²) in [4.78, 5) is 15.6. The van der Waals surface area contributed by atoms with Crippen LogP contribution in [0.15, 0.2) is 48.8 Å². The molecule has 110 valence electrons. The van der Waals surface area contributed by atoms with E-state index in [0.29, 0.717) is 23.6 Å². The molecule has 0 radical (unpaired) electrons. The highest BCUT2D eigenvalue weighted by molar-refractivity contribution is 6.30. The number of nitrogens with zero attached hydrogens (tertiary/aromatic N) is 1. The molecular weight excluding hydrogens is 290 g/mol. The number of aliphatic carboxylic acids is 1. The first-order chi connectivity index (χ1) is 9.99. The Morgan fingerprint density at radius 2 is 2.05 bits per heavy atom. The largest absolute Gasteiger partial charge is 0.478 e. The predicted molar refractivity (Wildman–Crippen MR) is 80.7 cm³/mol. The Bertz CT molecular complexity index is 601. The number of hydrogen-bond acceptors (Lipinski definition) is 3. The van der Waals surface area contributed by atoms with E-state index in [2.05, 4.69) is 4.98 Å². The Balaban J connectivity index is 2.09. The maximum Gasteiger partial charge on any atom is 0.347 e.